The summed E-state index contributed by atoms with van der Waals surface area (Å²) >= 11 is 6.54. The molecule has 0 radical (unpaired) electrons. The number of rotatable bonds is 15. The SMILES string of the molecule is C.CC(C)=CCC/C(C)=C/CC/C(C)=C/CSC[C@H](NC(=S)NCCC(=O)O)C(=O)O. The Hall–Kier alpha value is -1.80. The largest absolute Gasteiger partial charge is 0.481 e. The van der Waals surface area contributed by atoms with E-state index >= 15 is 0 Å². The molecule has 0 amide bonds. The third-order valence-electron chi connectivity index (χ3n) is 4.18. The molecule has 178 valence electrons. The Morgan fingerprint density at radius 1 is 0.968 bits per heavy atom. The molecule has 0 aromatic rings. The minimum absolute atomic E-state index is 0. The summed E-state index contributed by atoms with van der Waals surface area (Å²) in [7, 11) is 0. The smallest absolute Gasteiger partial charge is 0.327 e. The minimum Gasteiger partial charge on any atom is -0.481 e. The number of thioether (sulfide) groups is 1. The molecule has 0 heterocycles. The molecule has 8 heteroatoms. The second kappa shape index (κ2) is 18.9. The summed E-state index contributed by atoms with van der Waals surface area (Å²) in [5.41, 5.74) is 4.07. The van der Waals surface area contributed by atoms with Crippen molar-refractivity contribution in [2.24, 2.45) is 0 Å². The van der Waals surface area contributed by atoms with E-state index in [1.54, 1.807) is 0 Å². The maximum Gasteiger partial charge on any atom is 0.327 e. The highest BCUT2D eigenvalue weighted by molar-refractivity contribution is 7.99. The average molecular weight is 473 g/mol. The number of carboxylic acid groups (broad SMARTS) is 2. The van der Waals surface area contributed by atoms with E-state index in [1.807, 2.05) is 0 Å². The van der Waals surface area contributed by atoms with Gasteiger partial charge in [-0.15, -0.1) is 0 Å². The molecular formula is C23H40N2O4S2. The first-order valence-corrected chi connectivity index (χ1v) is 11.7. The fourth-order valence-corrected chi connectivity index (χ4v) is 3.64. The lowest BCUT2D eigenvalue weighted by atomic mass is 10.1. The fraction of sp³-hybridized carbons (Fsp3) is 0.609. The van der Waals surface area contributed by atoms with Gasteiger partial charge in [-0.3, -0.25) is 4.79 Å². The highest BCUT2D eigenvalue weighted by Gasteiger charge is 2.18. The summed E-state index contributed by atoms with van der Waals surface area (Å²) in [5, 5.41) is 23.5. The quantitative estimate of drug-likeness (QED) is 0.147. The average Bonchev–Trinajstić information content (AvgIpc) is 2.63. The normalized spacial score (nSPS) is 12.4. The van der Waals surface area contributed by atoms with Crippen LogP contribution < -0.4 is 10.6 Å². The fourth-order valence-electron chi connectivity index (χ4n) is 2.39. The molecule has 31 heavy (non-hydrogen) atoms. The van der Waals surface area contributed by atoms with Gasteiger partial charge in [-0.25, -0.2) is 4.79 Å². The van der Waals surface area contributed by atoms with Gasteiger partial charge in [-0.1, -0.05) is 42.4 Å². The Kier molecular flexibility index (Phi) is 19.2. The number of allylic oxidation sites excluding steroid dienone is 5. The van der Waals surface area contributed by atoms with Crippen LogP contribution >= 0.6 is 24.0 Å². The molecule has 0 aromatic heterocycles. The first-order valence-electron chi connectivity index (χ1n) is 10.1. The van der Waals surface area contributed by atoms with E-state index in [0.717, 1.165) is 31.4 Å². The van der Waals surface area contributed by atoms with Gasteiger partial charge < -0.3 is 20.8 Å². The molecule has 6 nitrogen and oxygen atoms in total. The van der Waals surface area contributed by atoms with E-state index in [0.29, 0.717) is 5.75 Å². The Morgan fingerprint density at radius 2 is 1.55 bits per heavy atom. The standard InChI is InChI=1S/C22H36N2O4S2.CH4/c1-16(2)7-5-8-17(3)9-6-10-18(4)12-14-30-15-19(21(27)28)24-22(29)23-13-11-20(25)26;/h7,9,12,19H,5-6,8,10-11,13-15H2,1-4H3,(H,25,26)(H,27,28)(H2,23,24,29);1H4/b17-9+,18-12+;/t19-;/m0./s1. The monoisotopic (exact) mass is 472 g/mol. The third kappa shape index (κ3) is 19.9. The van der Waals surface area contributed by atoms with Crippen molar-refractivity contribution in [2.75, 3.05) is 18.1 Å². The molecule has 0 rings (SSSR count). The molecule has 0 spiro atoms. The third-order valence-corrected chi connectivity index (χ3v) is 5.42. The van der Waals surface area contributed by atoms with Crippen LogP contribution in [0.2, 0.25) is 0 Å². The molecular weight excluding hydrogens is 432 g/mol. The number of carboxylic acids is 2. The van der Waals surface area contributed by atoms with E-state index in [1.165, 1.54) is 28.5 Å². The lowest BCUT2D eigenvalue weighted by Crippen LogP contribution is -2.47. The van der Waals surface area contributed by atoms with Crippen molar-refractivity contribution in [3.05, 3.63) is 34.9 Å². The van der Waals surface area contributed by atoms with Gasteiger partial charge >= 0.3 is 11.9 Å². The van der Waals surface area contributed by atoms with Crippen molar-refractivity contribution >= 4 is 41.0 Å². The molecule has 0 aliphatic heterocycles. The van der Waals surface area contributed by atoms with E-state index in [4.69, 9.17) is 17.3 Å². The first kappa shape index (κ1) is 31.4. The van der Waals surface area contributed by atoms with Crippen LogP contribution in [0.3, 0.4) is 0 Å². The Labute approximate surface area is 197 Å². The number of carbonyl (C=O) groups is 2. The molecule has 1 atom stereocenters. The number of nitrogens with one attached hydrogen (secondary N) is 2. The summed E-state index contributed by atoms with van der Waals surface area (Å²) in [6.45, 7) is 8.67. The molecule has 0 aliphatic carbocycles. The van der Waals surface area contributed by atoms with Gasteiger partial charge in [-0.05, 0) is 65.6 Å². The minimum atomic E-state index is -0.987. The van der Waals surface area contributed by atoms with Crippen LogP contribution in [-0.2, 0) is 9.59 Å². The topological polar surface area (TPSA) is 98.7 Å². The van der Waals surface area contributed by atoms with Gasteiger partial charge in [0.15, 0.2) is 5.11 Å². The second-order valence-electron chi connectivity index (χ2n) is 7.43. The molecule has 0 bridgehead atoms. The molecule has 0 aromatic carbocycles. The molecule has 4 N–H and O–H groups in total. The predicted molar refractivity (Wildman–Crippen MR) is 137 cm³/mol. The van der Waals surface area contributed by atoms with Crippen molar-refractivity contribution in [1.82, 2.24) is 10.6 Å². The Bertz CT molecular complexity index is 654. The summed E-state index contributed by atoms with van der Waals surface area (Å²) < 4.78 is 0. The lowest BCUT2D eigenvalue weighted by Gasteiger charge is -2.16. The Balaban J connectivity index is 0. The first-order chi connectivity index (χ1) is 14.1. The maximum atomic E-state index is 11.4. The molecule has 0 saturated heterocycles. The summed E-state index contributed by atoms with van der Waals surface area (Å²) in [6, 6.07) is -0.820. The molecule has 0 fully saturated rings. The number of hydrogen-bond donors (Lipinski definition) is 4. The highest BCUT2D eigenvalue weighted by Crippen LogP contribution is 2.13. The summed E-state index contributed by atoms with van der Waals surface area (Å²) in [5.74, 6) is -0.824. The second-order valence-corrected chi connectivity index (χ2v) is 8.92. The van der Waals surface area contributed by atoms with Gasteiger partial charge in [0.2, 0.25) is 0 Å². The van der Waals surface area contributed by atoms with Gasteiger partial charge in [0, 0.05) is 18.1 Å². The van der Waals surface area contributed by atoms with Gasteiger partial charge in [0.1, 0.15) is 6.04 Å². The molecule has 0 aliphatic rings. The van der Waals surface area contributed by atoms with Crippen molar-refractivity contribution in [2.45, 2.75) is 73.3 Å². The van der Waals surface area contributed by atoms with Crippen molar-refractivity contribution in [3.8, 4) is 0 Å². The number of hydrogen-bond acceptors (Lipinski definition) is 4. The van der Waals surface area contributed by atoms with Crippen LogP contribution in [0.25, 0.3) is 0 Å². The van der Waals surface area contributed by atoms with Crippen LogP contribution in [0.5, 0.6) is 0 Å². The van der Waals surface area contributed by atoms with Crippen LogP contribution in [0, 0.1) is 0 Å². The maximum absolute atomic E-state index is 11.4. The van der Waals surface area contributed by atoms with Gasteiger partial charge in [-0.2, -0.15) is 11.8 Å². The highest BCUT2D eigenvalue weighted by atomic mass is 32.2. The van der Waals surface area contributed by atoms with Crippen molar-refractivity contribution in [3.63, 3.8) is 0 Å². The van der Waals surface area contributed by atoms with Crippen LogP contribution in [0.15, 0.2) is 34.9 Å². The zero-order valence-corrected chi connectivity index (χ0v) is 20.1. The summed E-state index contributed by atoms with van der Waals surface area (Å²) in [4.78, 5) is 21.9. The van der Waals surface area contributed by atoms with Gasteiger partial charge in [0.25, 0.3) is 0 Å². The zero-order valence-electron chi connectivity index (χ0n) is 18.5. The van der Waals surface area contributed by atoms with E-state index < -0.39 is 18.0 Å². The van der Waals surface area contributed by atoms with Crippen LogP contribution in [0.4, 0.5) is 0 Å². The predicted octanol–water partition coefficient (Wildman–Crippen LogP) is 5.17. The molecule has 0 unspecified atom stereocenters. The van der Waals surface area contributed by atoms with E-state index in [-0.39, 0.29) is 25.5 Å². The van der Waals surface area contributed by atoms with Gasteiger partial charge in [0.05, 0.1) is 6.42 Å². The molecule has 0 saturated carbocycles. The zero-order chi connectivity index (χ0) is 22.9. The van der Waals surface area contributed by atoms with Crippen LogP contribution in [0.1, 0.15) is 67.2 Å². The van der Waals surface area contributed by atoms with E-state index in [9.17, 15) is 14.7 Å². The Morgan fingerprint density at radius 3 is 2.10 bits per heavy atom. The number of thiocarbonyl (C=S) groups is 1. The number of aliphatic carboxylic acids is 2. The lowest BCUT2D eigenvalue weighted by molar-refractivity contribution is -0.139. The van der Waals surface area contributed by atoms with Crippen LogP contribution in [-0.4, -0.2) is 51.4 Å². The summed E-state index contributed by atoms with van der Waals surface area (Å²) in [6.07, 6.45) is 10.8. The van der Waals surface area contributed by atoms with E-state index in [2.05, 4.69) is 56.6 Å². The van der Waals surface area contributed by atoms with Crippen molar-refractivity contribution in [1.29, 1.82) is 0 Å². The van der Waals surface area contributed by atoms with Crippen molar-refractivity contribution < 1.29 is 19.8 Å².